The Morgan fingerprint density at radius 1 is 1.06 bits per heavy atom. The molecule has 0 saturated carbocycles. The average molecular weight is 257 g/mol. The Balaban J connectivity index is 4.16. The second-order valence-electron chi connectivity index (χ2n) is 4.88. The van der Waals surface area contributed by atoms with Gasteiger partial charge in [-0.15, -0.1) is 0 Å². The van der Waals surface area contributed by atoms with Gasteiger partial charge in [0.1, 0.15) is 0 Å². The number of rotatable bonds is 7. The predicted molar refractivity (Wildman–Crippen MR) is 74.1 cm³/mol. The van der Waals surface area contributed by atoms with Gasteiger partial charge in [-0.3, -0.25) is 9.59 Å². The fourth-order valence-corrected chi connectivity index (χ4v) is 1.81. The van der Waals surface area contributed by atoms with Crippen LogP contribution in [0.5, 0.6) is 0 Å². The first-order valence-corrected chi connectivity index (χ1v) is 6.51. The maximum atomic E-state index is 11.5. The monoisotopic (exact) mass is 257 g/mol. The quantitative estimate of drug-likeness (QED) is 0.562. The summed E-state index contributed by atoms with van der Waals surface area (Å²) in [6, 6.07) is 0. The van der Waals surface area contributed by atoms with Crippen molar-refractivity contribution in [1.82, 2.24) is 5.32 Å². The number of nitrogens with one attached hydrogen (secondary N) is 1. The summed E-state index contributed by atoms with van der Waals surface area (Å²) < 4.78 is 0. The molecule has 0 aromatic carbocycles. The number of likely N-dealkylation sites (N-methyl/N-ethyl adjacent to an activating group) is 1. The van der Waals surface area contributed by atoms with Gasteiger partial charge in [0.15, 0.2) is 0 Å². The lowest BCUT2D eigenvalue weighted by molar-refractivity contribution is -0.139. The molecule has 1 amide bonds. The van der Waals surface area contributed by atoms with E-state index in [9.17, 15) is 9.59 Å². The lowest BCUT2D eigenvalue weighted by Crippen LogP contribution is -2.32. The highest BCUT2D eigenvalue weighted by Gasteiger charge is 2.21. The van der Waals surface area contributed by atoms with E-state index in [0.717, 1.165) is 11.3 Å². The minimum absolute atomic E-state index is 0.229. The second-order valence-corrected chi connectivity index (χ2v) is 5.35. The number of hydrogen-bond donors (Lipinski definition) is 1. The Kier molecular flexibility index (Phi) is 7.19. The number of carbonyl (C=O) groups excluding carboxylic acids is 2. The molecular weight excluding hydrogens is 234 g/mol. The normalized spacial score (nSPS) is 14.2. The summed E-state index contributed by atoms with van der Waals surface area (Å²) >= 11 is 5.33. The SMILES string of the molecule is CNC(=O)C(=O)C(C)CCC(C)C(=S)C(C)C. The van der Waals surface area contributed by atoms with Crippen molar-refractivity contribution in [2.24, 2.45) is 17.8 Å². The summed E-state index contributed by atoms with van der Waals surface area (Å²) in [4.78, 5) is 23.7. The molecule has 4 heteroatoms. The summed E-state index contributed by atoms with van der Waals surface area (Å²) in [7, 11) is 1.48. The molecule has 2 atom stereocenters. The van der Waals surface area contributed by atoms with Gasteiger partial charge in [-0.05, 0) is 29.5 Å². The zero-order chi connectivity index (χ0) is 13.6. The molecule has 3 nitrogen and oxygen atoms in total. The predicted octanol–water partition coefficient (Wildman–Crippen LogP) is 2.38. The molecule has 0 radical (unpaired) electrons. The average Bonchev–Trinajstić information content (AvgIpc) is 2.32. The molecule has 0 rings (SSSR count). The van der Waals surface area contributed by atoms with Gasteiger partial charge in [0, 0.05) is 13.0 Å². The molecule has 2 unspecified atom stereocenters. The number of hydrogen-bond acceptors (Lipinski definition) is 3. The van der Waals surface area contributed by atoms with Gasteiger partial charge in [-0.2, -0.15) is 0 Å². The Bertz CT molecular complexity index is 300. The highest BCUT2D eigenvalue weighted by Crippen LogP contribution is 2.18. The fraction of sp³-hybridized carbons (Fsp3) is 0.769. The van der Waals surface area contributed by atoms with Crippen LogP contribution in [0.2, 0.25) is 0 Å². The van der Waals surface area contributed by atoms with Crippen molar-refractivity contribution in [1.29, 1.82) is 0 Å². The molecule has 0 aliphatic rings. The smallest absolute Gasteiger partial charge is 0.287 e. The van der Waals surface area contributed by atoms with Crippen LogP contribution >= 0.6 is 12.2 Å². The van der Waals surface area contributed by atoms with E-state index in [1.54, 1.807) is 6.92 Å². The van der Waals surface area contributed by atoms with E-state index in [2.05, 4.69) is 26.1 Å². The Morgan fingerprint density at radius 3 is 1.94 bits per heavy atom. The Morgan fingerprint density at radius 2 is 1.53 bits per heavy atom. The molecule has 0 spiro atoms. The molecule has 0 heterocycles. The van der Waals surface area contributed by atoms with E-state index in [-0.39, 0.29) is 11.7 Å². The number of thiocarbonyl (C=S) groups is 1. The van der Waals surface area contributed by atoms with Gasteiger partial charge in [0.2, 0.25) is 5.78 Å². The van der Waals surface area contributed by atoms with Gasteiger partial charge in [0.05, 0.1) is 0 Å². The summed E-state index contributed by atoms with van der Waals surface area (Å²) in [6.45, 7) is 8.04. The molecule has 1 N–H and O–H groups in total. The van der Waals surface area contributed by atoms with E-state index in [1.807, 2.05) is 0 Å². The highest BCUT2D eigenvalue weighted by molar-refractivity contribution is 7.80. The first kappa shape index (κ1) is 16.2. The summed E-state index contributed by atoms with van der Waals surface area (Å²) in [6.07, 6.45) is 1.57. The van der Waals surface area contributed by atoms with Crippen molar-refractivity contribution in [3.8, 4) is 0 Å². The van der Waals surface area contributed by atoms with E-state index in [4.69, 9.17) is 12.2 Å². The summed E-state index contributed by atoms with van der Waals surface area (Å²) in [5, 5.41) is 2.36. The van der Waals surface area contributed by atoms with Gasteiger partial charge in [-0.1, -0.05) is 39.9 Å². The molecule has 0 fully saturated rings. The molecule has 0 bridgehead atoms. The molecule has 17 heavy (non-hydrogen) atoms. The van der Waals surface area contributed by atoms with Gasteiger partial charge in [0.25, 0.3) is 5.91 Å². The maximum absolute atomic E-state index is 11.5. The lowest BCUT2D eigenvalue weighted by Gasteiger charge is -2.17. The third kappa shape index (κ3) is 5.39. The van der Waals surface area contributed by atoms with Crippen LogP contribution in [0.15, 0.2) is 0 Å². The number of ketones is 1. The van der Waals surface area contributed by atoms with Crippen LogP contribution in [0, 0.1) is 17.8 Å². The molecule has 0 saturated heterocycles. The van der Waals surface area contributed by atoms with Crippen molar-refractivity contribution in [3.05, 3.63) is 0 Å². The third-order valence-corrected chi connectivity index (χ3v) is 3.86. The van der Waals surface area contributed by atoms with Crippen molar-refractivity contribution in [2.45, 2.75) is 40.5 Å². The third-order valence-electron chi connectivity index (χ3n) is 2.99. The minimum Gasteiger partial charge on any atom is -0.353 e. The summed E-state index contributed by atoms with van der Waals surface area (Å²) in [5.41, 5.74) is 0. The van der Waals surface area contributed by atoms with Crippen LogP contribution in [0.4, 0.5) is 0 Å². The van der Waals surface area contributed by atoms with Crippen molar-refractivity contribution < 1.29 is 9.59 Å². The van der Waals surface area contributed by atoms with Crippen LogP contribution in [0.1, 0.15) is 40.5 Å². The van der Waals surface area contributed by atoms with Crippen molar-refractivity contribution in [2.75, 3.05) is 7.05 Å². The van der Waals surface area contributed by atoms with E-state index in [0.29, 0.717) is 18.3 Å². The molecule has 98 valence electrons. The van der Waals surface area contributed by atoms with Gasteiger partial charge >= 0.3 is 0 Å². The van der Waals surface area contributed by atoms with Crippen LogP contribution in [0.25, 0.3) is 0 Å². The largest absolute Gasteiger partial charge is 0.353 e. The summed E-state index contributed by atoms with van der Waals surface area (Å²) in [5.74, 6) is -0.353. The van der Waals surface area contributed by atoms with Crippen LogP contribution in [-0.2, 0) is 9.59 Å². The molecular formula is C13H23NO2S. The first-order chi connectivity index (χ1) is 7.81. The number of carbonyl (C=O) groups is 2. The Labute approximate surface area is 109 Å². The van der Waals surface area contributed by atoms with E-state index < -0.39 is 5.91 Å². The van der Waals surface area contributed by atoms with Crippen LogP contribution < -0.4 is 5.32 Å². The molecule has 0 aromatic heterocycles. The van der Waals surface area contributed by atoms with Crippen molar-refractivity contribution >= 4 is 28.8 Å². The number of Topliss-reactive ketones (excluding diaryl/α,β-unsaturated/α-hetero) is 1. The van der Waals surface area contributed by atoms with Gasteiger partial charge < -0.3 is 5.32 Å². The van der Waals surface area contributed by atoms with E-state index >= 15 is 0 Å². The second kappa shape index (κ2) is 7.54. The van der Waals surface area contributed by atoms with Gasteiger partial charge in [-0.25, -0.2) is 0 Å². The Hall–Kier alpha value is -0.770. The fourth-order valence-electron chi connectivity index (χ4n) is 1.69. The molecule has 0 aliphatic heterocycles. The van der Waals surface area contributed by atoms with E-state index in [1.165, 1.54) is 7.05 Å². The van der Waals surface area contributed by atoms with Crippen LogP contribution in [-0.4, -0.2) is 23.6 Å². The first-order valence-electron chi connectivity index (χ1n) is 6.10. The lowest BCUT2D eigenvalue weighted by atomic mass is 9.89. The zero-order valence-corrected chi connectivity index (χ0v) is 12.2. The standard InChI is InChI=1S/C13H23NO2S/c1-8(2)12(17)10(4)7-6-9(3)11(15)13(16)14-5/h8-10H,6-7H2,1-5H3,(H,14,16). The molecule has 0 aromatic rings. The highest BCUT2D eigenvalue weighted by atomic mass is 32.1. The molecule has 0 aliphatic carbocycles. The van der Waals surface area contributed by atoms with Crippen LogP contribution in [0.3, 0.4) is 0 Å². The maximum Gasteiger partial charge on any atom is 0.287 e. The zero-order valence-electron chi connectivity index (χ0n) is 11.4. The minimum atomic E-state index is -0.503. The topological polar surface area (TPSA) is 46.2 Å². The van der Waals surface area contributed by atoms with Crippen molar-refractivity contribution in [3.63, 3.8) is 0 Å². The number of amides is 1.